The van der Waals surface area contributed by atoms with Crippen LogP contribution in [-0.2, 0) is 0 Å². The van der Waals surface area contributed by atoms with Crippen LogP contribution >= 0.6 is 0 Å². The molecule has 0 saturated heterocycles. The first kappa shape index (κ1) is 26.7. The average molecular weight is 629 g/mol. The van der Waals surface area contributed by atoms with Crippen LogP contribution in [-0.4, -0.2) is 6.10 Å². The van der Waals surface area contributed by atoms with E-state index < -0.39 is 0 Å². The maximum Gasteiger partial charge on any atom is 0.142 e. The molecule has 7 aromatic carbocycles. The molecule has 230 valence electrons. The summed E-state index contributed by atoms with van der Waals surface area (Å²) in [6.07, 6.45) is 10.5. The first-order chi connectivity index (χ1) is 24.3. The number of fused-ring (bicyclic) bond motifs is 9. The highest BCUT2D eigenvalue weighted by Gasteiger charge is 2.38. The maximum absolute atomic E-state index is 6.75. The first-order valence-electron chi connectivity index (χ1n) is 16.8. The second-order valence-electron chi connectivity index (χ2n) is 13.1. The summed E-state index contributed by atoms with van der Waals surface area (Å²) in [4.78, 5) is 0. The molecule has 49 heavy (non-hydrogen) atoms. The van der Waals surface area contributed by atoms with Crippen molar-refractivity contribution in [2.24, 2.45) is 0 Å². The number of hydrogen-bond acceptors (Lipinski definition) is 3. The molecule has 2 aromatic heterocycles. The van der Waals surface area contributed by atoms with Gasteiger partial charge in [0.2, 0.25) is 0 Å². The first-order valence-corrected chi connectivity index (χ1v) is 16.8. The van der Waals surface area contributed by atoms with Crippen molar-refractivity contribution in [2.75, 3.05) is 0 Å². The van der Waals surface area contributed by atoms with E-state index in [1.54, 1.807) is 0 Å². The predicted molar refractivity (Wildman–Crippen MR) is 200 cm³/mol. The number of allylic oxidation sites excluding steroid dienone is 2. The van der Waals surface area contributed by atoms with Gasteiger partial charge in [-0.25, -0.2) is 0 Å². The Morgan fingerprint density at radius 1 is 0.490 bits per heavy atom. The molecule has 9 aromatic rings. The average Bonchev–Trinajstić information content (AvgIpc) is 3.87. The Morgan fingerprint density at radius 3 is 1.92 bits per heavy atom. The van der Waals surface area contributed by atoms with E-state index in [0.717, 1.165) is 60.9 Å². The summed E-state index contributed by atoms with van der Waals surface area (Å²) in [7, 11) is 0. The number of hydrogen-bond donors (Lipinski definition) is 0. The summed E-state index contributed by atoms with van der Waals surface area (Å²) in [6.45, 7) is 0. The molecule has 0 fully saturated rings. The van der Waals surface area contributed by atoms with Gasteiger partial charge in [-0.3, -0.25) is 0 Å². The second kappa shape index (κ2) is 10.1. The molecule has 1 aliphatic carbocycles. The molecule has 1 aliphatic heterocycles. The van der Waals surface area contributed by atoms with Crippen molar-refractivity contribution in [1.82, 2.24) is 0 Å². The zero-order valence-corrected chi connectivity index (χ0v) is 26.4. The molecule has 2 aliphatic rings. The van der Waals surface area contributed by atoms with E-state index in [4.69, 9.17) is 13.6 Å². The van der Waals surface area contributed by atoms with Crippen molar-refractivity contribution in [3.05, 3.63) is 164 Å². The SMILES string of the molecule is C1=CC2Oc3cc4c(-c5ccccc5)coc4c(-c4c5ccccc5c(-c5cccc6oc7ccccc7c56)c5ccccc45)c3C2C=C1. The fourth-order valence-corrected chi connectivity index (χ4v) is 8.45. The number of benzene rings is 7. The highest BCUT2D eigenvalue weighted by molar-refractivity contribution is 6.27. The van der Waals surface area contributed by atoms with E-state index in [0.29, 0.717) is 0 Å². The van der Waals surface area contributed by atoms with Crippen molar-refractivity contribution < 1.29 is 13.6 Å². The van der Waals surface area contributed by atoms with Gasteiger partial charge in [0.05, 0.1) is 6.26 Å². The lowest BCUT2D eigenvalue weighted by atomic mass is 9.80. The van der Waals surface area contributed by atoms with Crippen LogP contribution in [0.15, 0.2) is 167 Å². The summed E-state index contributed by atoms with van der Waals surface area (Å²) in [5.41, 5.74) is 10.7. The zero-order chi connectivity index (χ0) is 32.1. The Morgan fingerprint density at radius 2 is 1.14 bits per heavy atom. The second-order valence-corrected chi connectivity index (χ2v) is 13.1. The molecule has 2 unspecified atom stereocenters. The van der Waals surface area contributed by atoms with Gasteiger partial charge in [-0.2, -0.15) is 0 Å². The molecule has 0 saturated carbocycles. The van der Waals surface area contributed by atoms with Gasteiger partial charge in [-0.1, -0.05) is 127 Å². The molecule has 3 heterocycles. The van der Waals surface area contributed by atoms with Gasteiger partial charge in [0.15, 0.2) is 0 Å². The Kier molecular flexibility index (Phi) is 5.50. The molecule has 2 atom stereocenters. The third-order valence-electron chi connectivity index (χ3n) is 10.5. The van der Waals surface area contributed by atoms with E-state index >= 15 is 0 Å². The molecule has 0 amide bonds. The number of para-hydroxylation sites is 1. The minimum Gasteiger partial charge on any atom is -0.485 e. The largest absolute Gasteiger partial charge is 0.485 e. The standard InChI is InChI=1S/C46H28O3/c1-2-13-27(14-3-1)36-26-47-46-35(36)25-40-44(33-20-9-11-23-38(33)49-40)45(46)43-30-17-6-4-15-28(30)41(29-16-5-7-18-31(29)43)34-21-12-24-39-42(34)32-19-8-10-22-37(32)48-39/h1-26,33,38H. The van der Waals surface area contributed by atoms with Crippen molar-refractivity contribution in [3.8, 4) is 39.1 Å². The molecule has 3 heteroatoms. The Balaban J connectivity index is 1.30. The van der Waals surface area contributed by atoms with E-state index in [9.17, 15) is 0 Å². The van der Waals surface area contributed by atoms with Gasteiger partial charge < -0.3 is 13.6 Å². The summed E-state index contributed by atoms with van der Waals surface area (Å²) in [5.74, 6) is 0.993. The lowest BCUT2D eigenvalue weighted by molar-refractivity contribution is 0.269. The third-order valence-corrected chi connectivity index (χ3v) is 10.5. The van der Waals surface area contributed by atoms with E-state index in [1.807, 2.05) is 18.4 Å². The van der Waals surface area contributed by atoms with Gasteiger partial charge in [-0.05, 0) is 62.5 Å². The highest BCUT2D eigenvalue weighted by atomic mass is 16.5. The van der Waals surface area contributed by atoms with E-state index in [2.05, 4.69) is 140 Å². The normalized spacial score (nSPS) is 16.6. The molecular weight excluding hydrogens is 601 g/mol. The summed E-state index contributed by atoms with van der Waals surface area (Å²) < 4.78 is 19.8. The minimum absolute atomic E-state index is 0.0609. The molecule has 3 nitrogen and oxygen atoms in total. The Bertz CT molecular complexity index is 2810. The number of ether oxygens (including phenoxy) is 1. The molecule has 0 radical (unpaired) electrons. The molecule has 0 spiro atoms. The lowest BCUT2D eigenvalue weighted by Crippen LogP contribution is -2.15. The van der Waals surface area contributed by atoms with Crippen molar-refractivity contribution in [1.29, 1.82) is 0 Å². The van der Waals surface area contributed by atoms with Crippen LogP contribution in [0.25, 0.3) is 87.8 Å². The van der Waals surface area contributed by atoms with Gasteiger partial charge in [0.1, 0.15) is 28.6 Å². The Labute approximate surface area is 282 Å². The van der Waals surface area contributed by atoms with Crippen LogP contribution < -0.4 is 4.74 Å². The zero-order valence-electron chi connectivity index (χ0n) is 26.4. The van der Waals surface area contributed by atoms with Crippen molar-refractivity contribution >= 4 is 54.5 Å². The number of rotatable bonds is 3. The van der Waals surface area contributed by atoms with Crippen LogP contribution in [0.3, 0.4) is 0 Å². The van der Waals surface area contributed by atoms with Crippen LogP contribution in [0, 0.1) is 0 Å². The third kappa shape index (κ3) is 3.73. The lowest BCUT2D eigenvalue weighted by Gasteiger charge is -2.21. The summed E-state index contributed by atoms with van der Waals surface area (Å²) in [5, 5.41) is 8.03. The van der Waals surface area contributed by atoms with Crippen LogP contribution in [0.1, 0.15) is 11.5 Å². The fraction of sp³-hybridized carbons (Fsp3) is 0.0435. The highest BCUT2D eigenvalue weighted by Crippen LogP contribution is 2.55. The van der Waals surface area contributed by atoms with Gasteiger partial charge >= 0.3 is 0 Å². The monoisotopic (exact) mass is 628 g/mol. The molecule has 11 rings (SSSR count). The van der Waals surface area contributed by atoms with Crippen LogP contribution in [0.5, 0.6) is 5.75 Å². The quantitative estimate of drug-likeness (QED) is 0.183. The molecular formula is C46H28O3. The van der Waals surface area contributed by atoms with Crippen LogP contribution in [0.2, 0.25) is 0 Å². The topological polar surface area (TPSA) is 35.5 Å². The molecule has 0 bridgehead atoms. The Hall–Kier alpha value is -6.32. The van der Waals surface area contributed by atoms with Crippen molar-refractivity contribution in [2.45, 2.75) is 12.0 Å². The van der Waals surface area contributed by atoms with Gasteiger partial charge in [0, 0.05) is 44.3 Å². The smallest absolute Gasteiger partial charge is 0.142 e. The minimum atomic E-state index is -0.0609. The summed E-state index contributed by atoms with van der Waals surface area (Å²) >= 11 is 0. The fourth-order valence-electron chi connectivity index (χ4n) is 8.45. The number of furan rings is 2. The van der Waals surface area contributed by atoms with E-state index in [1.165, 1.54) is 38.2 Å². The summed E-state index contributed by atoms with van der Waals surface area (Å²) in [6, 6.07) is 45.1. The molecule has 0 N–H and O–H groups in total. The van der Waals surface area contributed by atoms with Gasteiger partial charge in [0.25, 0.3) is 0 Å². The predicted octanol–water partition coefficient (Wildman–Crippen LogP) is 12.6. The maximum atomic E-state index is 6.75. The van der Waals surface area contributed by atoms with E-state index in [-0.39, 0.29) is 12.0 Å². The van der Waals surface area contributed by atoms with Crippen molar-refractivity contribution in [3.63, 3.8) is 0 Å². The van der Waals surface area contributed by atoms with Crippen LogP contribution in [0.4, 0.5) is 0 Å². The van der Waals surface area contributed by atoms with Gasteiger partial charge in [-0.15, -0.1) is 0 Å².